The summed E-state index contributed by atoms with van der Waals surface area (Å²) in [7, 11) is 0. The molecule has 0 fully saturated rings. The van der Waals surface area contributed by atoms with Crippen LogP contribution in [0.1, 0.15) is 5.56 Å². The van der Waals surface area contributed by atoms with Crippen LogP contribution in [0.2, 0.25) is 0 Å². The number of nitro groups is 1. The Morgan fingerprint density at radius 3 is 3.00 bits per heavy atom. The standard InChI is InChI=1S/C9H9N5O4/c10-4-6-3-7(14(16)17)8(13-5-6)12-1-2-18-9(11)15/h3,5H,1-2H2,(H2,11,15)(H,12,13). The monoisotopic (exact) mass is 251 g/mol. The van der Waals surface area contributed by atoms with E-state index >= 15 is 0 Å². The van der Waals surface area contributed by atoms with Gasteiger partial charge in [0.15, 0.2) is 0 Å². The highest BCUT2D eigenvalue weighted by atomic mass is 16.6. The van der Waals surface area contributed by atoms with E-state index in [1.807, 2.05) is 0 Å². The minimum absolute atomic E-state index is 0.00734. The zero-order valence-electron chi connectivity index (χ0n) is 9.12. The molecule has 1 aromatic rings. The fourth-order valence-corrected chi connectivity index (χ4v) is 1.11. The molecule has 1 amide bonds. The summed E-state index contributed by atoms with van der Waals surface area (Å²) in [6.45, 7) is 0.0663. The average molecular weight is 251 g/mol. The van der Waals surface area contributed by atoms with Gasteiger partial charge in [-0.05, 0) is 0 Å². The first-order valence-electron chi connectivity index (χ1n) is 4.75. The highest BCUT2D eigenvalue weighted by molar-refractivity contribution is 5.64. The maximum absolute atomic E-state index is 10.7. The lowest BCUT2D eigenvalue weighted by atomic mass is 10.3. The molecule has 3 N–H and O–H groups in total. The molecular formula is C9H9N5O4. The SMILES string of the molecule is N#Cc1cnc(NCCOC(N)=O)c([N+](=O)[O-])c1. The summed E-state index contributed by atoms with van der Waals surface area (Å²) in [5, 5.41) is 22.0. The lowest BCUT2D eigenvalue weighted by Gasteiger charge is -2.05. The first-order valence-corrected chi connectivity index (χ1v) is 4.75. The number of carbonyl (C=O) groups is 1. The Morgan fingerprint density at radius 1 is 1.72 bits per heavy atom. The van der Waals surface area contributed by atoms with Crippen LogP contribution < -0.4 is 11.1 Å². The quantitative estimate of drug-likeness (QED) is 0.436. The van der Waals surface area contributed by atoms with E-state index in [1.54, 1.807) is 6.07 Å². The van der Waals surface area contributed by atoms with Gasteiger partial charge in [0, 0.05) is 12.3 Å². The molecule has 1 heterocycles. The van der Waals surface area contributed by atoms with E-state index < -0.39 is 11.0 Å². The van der Waals surface area contributed by atoms with Crippen molar-refractivity contribution in [2.75, 3.05) is 18.5 Å². The summed E-state index contributed by atoms with van der Waals surface area (Å²) in [5.41, 5.74) is 4.50. The summed E-state index contributed by atoms with van der Waals surface area (Å²) in [4.78, 5) is 24.1. The summed E-state index contributed by atoms with van der Waals surface area (Å²) in [6.07, 6.45) is 0.267. The number of anilines is 1. The van der Waals surface area contributed by atoms with Gasteiger partial charge in [0.25, 0.3) is 0 Å². The maximum Gasteiger partial charge on any atom is 0.404 e. The third-order valence-corrected chi connectivity index (χ3v) is 1.83. The normalized spacial score (nSPS) is 9.28. The number of nitrogens with one attached hydrogen (secondary N) is 1. The number of nitriles is 1. The molecule has 0 saturated heterocycles. The Labute approximate surface area is 101 Å². The van der Waals surface area contributed by atoms with E-state index in [1.165, 1.54) is 6.20 Å². The summed E-state index contributed by atoms with van der Waals surface area (Å²) < 4.78 is 4.44. The summed E-state index contributed by atoms with van der Waals surface area (Å²) in [5.74, 6) is -0.00734. The Morgan fingerprint density at radius 2 is 2.44 bits per heavy atom. The van der Waals surface area contributed by atoms with Crippen LogP contribution in [0, 0.1) is 21.4 Å². The van der Waals surface area contributed by atoms with Gasteiger partial charge in [-0.2, -0.15) is 5.26 Å². The summed E-state index contributed by atoms with van der Waals surface area (Å²) >= 11 is 0. The fraction of sp³-hybridized carbons (Fsp3) is 0.222. The molecular weight excluding hydrogens is 242 g/mol. The van der Waals surface area contributed by atoms with Crippen molar-refractivity contribution in [1.29, 1.82) is 5.26 Å². The van der Waals surface area contributed by atoms with Crippen LogP contribution in [0.3, 0.4) is 0 Å². The Kier molecular flexibility index (Phi) is 4.39. The van der Waals surface area contributed by atoms with E-state index in [0.29, 0.717) is 0 Å². The lowest BCUT2D eigenvalue weighted by Crippen LogP contribution is -2.19. The van der Waals surface area contributed by atoms with Gasteiger partial charge in [-0.3, -0.25) is 10.1 Å². The zero-order valence-corrected chi connectivity index (χ0v) is 9.12. The largest absolute Gasteiger partial charge is 0.448 e. The van der Waals surface area contributed by atoms with Crippen molar-refractivity contribution in [3.63, 3.8) is 0 Å². The minimum atomic E-state index is -0.931. The first-order chi connectivity index (χ1) is 8.54. The van der Waals surface area contributed by atoms with E-state index in [9.17, 15) is 14.9 Å². The van der Waals surface area contributed by atoms with Crippen LogP contribution in [0.4, 0.5) is 16.3 Å². The highest BCUT2D eigenvalue weighted by Gasteiger charge is 2.15. The molecule has 9 heteroatoms. The van der Waals surface area contributed by atoms with Crippen molar-refractivity contribution in [3.8, 4) is 6.07 Å². The number of ether oxygens (including phenoxy) is 1. The zero-order chi connectivity index (χ0) is 13.5. The van der Waals surface area contributed by atoms with E-state index in [-0.39, 0.29) is 30.2 Å². The maximum atomic E-state index is 10.7. The van der Waals surface area contributed by atoms with Crippen LogP contribution in [0.15, 0.2) is 12.3 Å². The Hall–Kier alpha value is -2.89. The first kappa shape index (κ1) is 13.2. The number of rotatable bonds is 5. The van der Waals surface area contributed by atoms with Crippen LogP contribution in [-0.4, -0.2) is 29.2 Å². The van der Waals surface area contributed by atoms with Crippen molar-refractivity contribution >= 4 is 17.6 Å². The van der Waals surface area contributed by atoms with Crippen LogP contribution in [-0.2, 0) is 4.74 Å². The van der Waals surface area contributed by atoms with Gasteiger partial charge in [-0.1, -0.05) is 0 Å². The van der Waals surface area contributed by atoms with Gasteiger partial charge < -0.3 is 15.8 Å². The number of nitrogens with zero attached hydrogens (tertiary/aromatic N) is 3. The van der Waals surface area contributed by atoms with Crippen molar-refractivity contribution in [3.05, 3.63) is 27.9 Å². The number of hydrogen-bond acceptors (Lipinski definition) is 7. The van der Waals surface area contributed by atoms with Gasteiger partial charge in [-0.15, -0.1) is 0 Å². The third kappa shape index (κ3) is 3.60. The van der Waals surface area contributed by atoms with Crippen molar-refractivity contribution in [2.24, 2.45) is 5.73 Å². The van der Waals surface area contributed by atoms with Crippen LogP contribution >= 0.6 is 0 Å². The van der Waals surface area contributed by atoms with Gasteiger partial charge in [0.1, 0.15) is 12.7 Å². The molecule has 0 aliphatic rings. The molecule has 0 aliphatic carbocycles. The van der Waals surface area contributed by atoms with Crippen molar-refractivity contribution in [2.45, 2.75) is 0 Å². The number of pyridine rings is 1. The molecule has 0 spiro atoms. The average Bonchev–Trinajstić information content (AvgIpc) is 2.34. The minimum Gasteiger partial charge on any atom is -0.448 e. The molecule has 9 nitrogen and oxygen atoms in total. The molecule has 0 unspecified atom stereocenters. The molecule has 94 valence electrons. The van der Waals surface area contributed by atoms with Gasteiger partial charge in [0.2, 0.25) is 5.82 Å². The second kappa shape index (κ2) is 6.00. The third-order valence-electron chi connectivity index (χ3n) is 1.83. The Balaban J connectivity index is 2.73. The van der Waals surface area contributed by atoms with E-state index in [2.05, 4.69) is 15.0 Å². The molecule has 0 saturated carbocycles. The topological polar surface area (TPSA) is 144 Å². The number of nitrogens with two attached hydrogens (primary N) is 1. The molecule has 0 radical (unpaired) electrons. The molecule has 0 aliphatic heterocycles. The predicted octanol–water partition coefficient (Wildman–Crippen LogP) is 0.369. The second-order valence-electron chi connectivity index (χ2n) is 3.05. The molecule has 0 bridgehead atoms. The predicted molar refractivity (Wildman–Crippen MR) is 59.6 cm³/mol. The number of hydrogen-bond donors (Lipinski definition) is 2. The van der Waals surface area contributed by atoms with Crippen LogP contribution in [0.5, 0.6) is 0 Å². The fourth-order valence-electron chi connectivity index (χ4n) is 1.11. The molecule has 0 atom stereocenters. The van der Waals surface area contributed by atoms with E-state index in [4.69, 9.17) is 11.0 Å². The van der Waals surface area contributed by atoms with Gasteiger partial charge in [0.05, 0.1) is 17.0 Å². The number of carbonyl (C=O) groups excluding carboxylic acids is 1. The van der Waals surface area contributed by atoms with Crippen molar-refractivity contribution in [1.82, 2.24) is 4.98 Å². The second-order valence-corrected chi connectivity index (χ2v) is 3.05. The molecule has 0 aromatic carbocycles. The number of primary amides is 1. The molecule has 18 heavy (non-hydrogen) atoms. The highest BCUT2D eigenvalue weighted by Crippen LogP contribution is 2.21. The summed E-state index contributed by atoms with van der Waals surface area (Å²) in [6, 6.07) is 2.85. The number of amides is 1. The van der Waals surface area contributed by atoms with Gasteiger partial charge in [-0.25, -0.2) is 9.78 Å². The van der Waals surface area contributed by atoms with Crippen LogP contribution in [0.25, 0.3) is 0 Å². The lowest BCUT2D eigenvalue weighted by molar-refractivity contribution is -0.384. The number of aromatic nitrogens is 1. The van der Waals surface area contributed by atoms with Gasteiger partial charge >= 0.3 is 11.8 Å². The molecule has 1 rings (SSSR count). The molecule has 1 aromatic heterocycles. The van der Waals surface area contributed by atoms with E-state index in [0.717, 1.165) is 6.07 Å². The Bertz CT molecular complexity index is 510. The smallest absolute Gasteiger partial charge is 0.404 e. The van der Waals surface area contributed by atoms with Crippen molar-refractivity contribution < 1.29 is 14.5 Å².